The van der Waals surface area contributed by atoms with Gasteiger partial charge in [0.25, 0.3) is 5.91 Å². The van der Waals surface area contributed by atoms with Crippen molar-refractivity contribution in [3.05, 3.63) is 23.2 Å². The van der Waals surface area contributed by atoms with E-state index in [0.29, 0.717) is 11.4 Å². The number of aromatic amines is 1. The summed E-state index contributed by atoms with van der Waals surface area (Å²) in [4.78, 5) is 44.6. The van der Waals surface area contributed by atoms with Gasteiger partial charge in [-0.3, -0.25) is 14.5 Å². The molecule has 1 unspecified atom stereocenters. The van der Waals surface area contributed by atoms with Gasteiger partial charge in [-0.25, -0.2) is 9.78 Å². The molecular formula is C19H24F3N5O4S. The minimum Gasteiger partial charge on any atom is -0.455 e. The Labute approximate surface area is 186 Å². The number of carbonyl (C=O) groups excluding carboxylic acids is 3. The second-order valence-corrected chi connectivity index (χ2v) is 9.53. The standard InChI is InChI=1S/C19H24F3N5O4S/c1-9-8-32-14-11(13(28)27(14)12(9)15(29)31-18(2,3)4)26-17-24-7-10(25-17)5-6-23-16(30)19(20,21)22/h7,11,14H,5-6,8H2,1-4H3,(H,23,30)(H2,24,25,26)/t11?,14-/m1/s1. The number of H-pyrrole nitrogens is 1. The number of hydrogen-bond acceptors (Lipinski definition) is 7. The highest BCUT2D eigenvalue weighted by Crippen LogP contribution is 2.41. The van der Waals surface area contributed by atoms with Crippen LogP contribution in [-0.2, 0) is 25.5 Å². The van der Waals surface area contributed by atoms with Crippen LogP contribution < -0.4 is 10.6 Å². The first-order valence-corrected chi connectivity index (χ1v) is 10.9. The van der Waals surface area contributed by atoms with Crippen molar-refractivity contribution in [3.8, 4) is 0 Å². The van der Waals surface area contributed by atoms with Crippen molar-refractivity contribution in [3.63, 3.8) is 0 Å². The molecule has 2 aliphatic heterocycles. The van der Waals surface area contributed by atoms with Gasteiger partial charge in [0, 0.05) is 24.4 Å². The molecule has 0 bridgehead atoms. The third-order valence-corrected chi connectivity index (χ3v) is 6.03. The number of halogens is 3. The minimum atomic E-state index is -4.93. The molecule has 3 N–H and O–H groups in total. The molecule has 176 valence electrons. The first-order valence-electron chi connectivity index (χ1n) is 9.81. The van der Waals surface area contributed by atoms with E-state index < -0.39 is 29.7 Å². The molecule has 1 saturated heterocycles. The Kier molecular flexibility index (Phi) is 6.50. The number of fused-ring (bicyclic) bond motifs is 1. The van der Waals surface area contributed by atoms with Gasteiger partial charge < -0.3 is 20.4 Å². The fourth-order valence-electron chi connectivity index (χ4n) is 3.21. The molecule has 0 aliphatic carbocycles. The van der Waals surface area contributed by atoms with Crippen LogP contribution in [0.2, 0.25) is 0 Å². The van der Waals surface area contributed by atoms with Crippen molar-refractivity contribution in [2.75, 3.05) is 17.6 Å². The molecule has 1 aromatic rings. The van der Waals surface area contributed by atoms with Gasteiger partial charge in [-0.05, 0) is 33.3 Å². The van der Waals surface area contributed by atoms with Crippen LogP contribution in [0.15, 0.2) is 17.5 Å². The van der Waals surface area contributed by atoms with Crippen LogP contribution in [0, 0.1) is 0 Å². The van der Waals surface area contributed by atoms with E-state index >= 15 is 0 Å². The molecule has 0 spiro atoms. The number of carbonyl (C=O) groups is 3. The first-order chi connectivity index (χ1) is 14.8. The number of rotatable bonds is 6. The number of alkyl halides is 3. The second-order valence-electron chi connectivity index (χ2n) is 8.42. The SMILES string of the molecule is CC1=C(C(=O)OC(C)(C)C)N2C(=O)C(Nc3ncc(CCNC(=O)C(F)(F)F)[nH]3)[C@H]2SC1. The number of ether oxygens (including phenoxy) is 1. The summed E-state index contributed by atoms with van der Waals surface area (Å²) in [5, 5.41) is 4.43. The minimum absolute atomic E-state index is 0.101. The fourth-order valence-corrected chi connectivity index (χ4v) is 4.50. The van der Waals surface area contributed by atoms with Crippen molar-refractivity contribution in [1.29, 1.82) is 0 Å². The maximum Gasteiger partial charge on any atom is 0.471 e. The zero-order valence-electron chi connectivity index (χ0n) is 17.9. The molecule has 13 heteroatoms. The third-order valence-electron chi connectivity index (χ3n) is 4.61. The zero-order valence-corrected chi connectivity index (χ0v) is 18.7. The Bertz CT molecular complexity index is 953. The Morgan fingerprint density at radius 2 is 2.03 bits per heavy atom. The lowest BCUT2D eigenvalue weighted by molar-refractivity contribution is -0.173. The summed E-state index contributed by atoms with van der Waals surface area (Å²) in [6.07, 6.45) is -3.42. The second kappa shape index (κ2) is 8.68. The van der Waals surface area contributed by atoms with Crippen LogP contribution in [0.4, 0.5) is 19.1 Å². The maximum atomic E-state index is 12.8. The van der Waals surface area contributed by atoms with Crippen molar-refractivity contribution >= 4 is 35.5 Å². The highest BCUT2D eigenvalue weighted by molar-refractivity contribution is 8.00. The van der Waals surface area contributed by atoms with Crippen LogP contribution in [0.5, 0.6) is 0 Å². The molecule has 0 aromatic carbocycles. The number of thioether (sulfide) groups is 1. The number of esters is 1. The van der Waals surface area contributed by atoms with E-state index in [1.807, 2.05) is 0 Å². The monoisotopic (exact) mass is 475 g/mol. The highest BCUT2D eigenvalue weighted by Gasteiger charge is 2.54. The van der Waals surface area contributed by atoms with Gasteiger partial charge in [0.05, 0.1) is 6.20 Å². The molecule has 2 atom stereocenters. The Morgan fingerprint density at radius 3 is 2.66 bits per heavy atom. The maximum absolute atomic E-state index is 12.8. The van der Waals surface area contributed by atoms with Crippen molar-refractivity contribution in [1.82, 2.24) is 20.2 Å². The predicted molar refractivity (Wildman–Crippen MR) is 110 cm³/mol. The number of hydrogen-bond donors (Lipinski definition) is 3. The average molecular weight is 475 g/mol. The Morgan fingerprint density at radius 1 is 1.34 bits per heavy atom. The lowest BCUT2D eigenvalue weighted by Gasteiger charge is -2.49. The quantitative estimate of drug-likeness (QED) is 0.425. The summed E-state index contributed by atoms with van der Waals surface area (Å²) in [5.41, 5.74) is 0.806. The van der Waals surface area contributed by atoms with Gasteiger partial charge in [0.15, 0.2) is 0 Å². The van der Waals surface area contributed by atoms with Gasteiger partial charge in [-0.1, -0.05) is 0 Å². The number of amides is 2. The molecule has 2 amide bonds. The van der Waals surface area contributed by atoms with Crippen molar-refractivity contribution in [2.24, 2.45) is 0 Å². The smallest absolute Gasteiger partial charge is 0.455 e. The van der Waals surface area contributed by atoms with E-state index in [1.54, 1.807) is 33.0 Å². The van der Waals surface area contributed by atoms with E-state index in [2.05, 4.69) is 15.3 Å². The van der Waals surface area contributed by atoms with Gasteiger partial charge in [-0.15, -0.1) is 11.8 Å². The van der Waals surface area contributed by atoms with E-state index in [0.717, 1.165) is 5.57 Å². The number of imidazole rings is 1. The molecule has 1 fully saturated rings. The van der Waals surface area contributed by atoms with E-state index in [1.165, 1.54) is 22.9 Å². The summed E-state index contributed by atoms with van der Waals surface area (Å²) in [6.45, 7) is 6.81. The number of β-lactam (4-membered cyclic amide) rings is 1. The van der Waals surface area contributed by atoms with E-state index in [9.17, 15) is 27.6 Å². The molecule has 32 heavy (non-hydrogen) atoms. The molecular weight excluding hydrogens is 451 g/mol. The lowest BCUT2D eigenvalue weighted by Crippen LogP contribution is -2.67. The summed E-state index contributed by atoms with van der Waals surface area (Å²) >= 11 is 1.50. The normalized spacial score (nSPS) is 21.1. The van der Waals surface area contributed by atoms with Gasteiger partial charge in [0.1, 0.15) is 22.7 Å². The van der Waals surface area contributed by atoms with Crippen LogP contribution in [-0.4, -0.2) is 68.1 Å². The summed E-state index contributed by atoms with van der Waals surface area (Å²) < 4.78 is 42.1. The number of nitrogens with zero attached hydrogens (tertiary/aromatic N) is 2. The van der Waals surface area contributed by atoms with Crippen LogP contribution in [0.3, 0.4) is 0 Å². The van der Waals surface area contributed by atoms with Gasteiger partial charge in [0.2, 0.25) is 5.95 Å². The van der Waals surface area contributed by atoms with Crippen molar-refractivity contribution in [2.45, 2.75) is 57.3 Å². The number of nitrogens with one attached hydrogen (secondary N) is 3. The van der Waals surface area contributed by atoms with Crippen LogP contribution in [0.25, 0.3) is 0 Å². The largest absolute Gasteiger partial charge is 0.471 e. The summed E-state index contributed by atoms with van der Waals surface area (Å²) in [7, 11) is 0. The van der Waals surface area contributed by atoms with Crippen molar-refractivity contribution < 1.29 is 32.3 Å². The van der Waals surface area contributed by atoms with Gasteiger partial charge >= 0.3 is 18.1 Å². The molecule has 0 saturated carbocycles. The van der Waals surface area contributed by atoms with Gasteiger partial charge in [-0.2, -0.15) is 13.2 Å². The van der Waals surface area contributed by atoms with E-state index in [4.69, 9.17) is 4.74 Å². The summed E-state index contributed by atoms with van der Waals surface area (Å²) in [5.74, 6) is -2.03. The zero-order chi connectivity index (χ0) is 23.8. The molecule has 3 rings (SSSR count). The Hall–Kier alpha value is -2.70. The predicted octanol–water partition coefficient (Wildman–Crippen LogP) is 1.94. The molecule has 3 heterocycles. The number of anilines is 1. The third kappa shape index (κ3) is 5.19. The molecule has 2 aliphatic rings. The summed E-state index contributed by atoms with van der Waals surface area (Å²) in [6, 6.07) is -0.630. The molecule has 1 aromatic heterocycles. The van der Waals surface area contributed by atoms with Crippen LogP contribution in [0.1, 0.15) is 33.4 Å². The first kappa shape index (κ1) is 24.0. The Balaban J connectivity index is 1.59. The van der Waals surface area contributed by atoms with E-state index in [-0.39, 0.29) is 35.9 Å². The average Bonchev–Trinajstić information content (AvgIpc) is 3.11. The molecule has 0 radical (unpaired) electrons. The lowest BCUT2D eigenvalue weighted by atomic mass is 10.0. The number of aromatic nitrogens is 2. The van der Waals surface area contributed by atoms with Crippen LogP contribution >= 0.6 is 11.8 Å². The highest BCUT2D eigenvalue weighted by atomic mass is 32.2. The fraction of sp³-hybridized carbons (Fsp3) is 0.579. The molecule has 9 nitrogen and oxygen atoms in total. The topological polar surface area (TPSA) is 116 Å².